The van der Waals surface area contributed by atoms with Gasteiger partial charge in [-0.15, -0.1) is 0 Å². The molecule has 1 aliphatic rings. The second-order valence-corrected chi connectivity index (χ2v) is 6.60. The standard InChI is InChI=1S/C20H22F2N2O/c1-14(25)16-5-2-4-15(10-16)12-24-9-3-6-18(13-24)23-17-7-8-19(21)20(22)11-17/h2,4-5,7-8,10-11,18,23H,3,6,9,12-13H2,1H3/t18-/m1/s1. The molecule has 0 radical (unpaired) electrons. The summed E-state index contributed by atoms with van der Waals surface area (Å²) in [5.74, 6) is -1.60. The van der Waals surface area contributed by atoms with E-state index in [1.807, 2.05) is 24.3 Å². The van der Waals surface area contributed by atoms with Crippen LogP contribution < -0.4 is 5.32 Å². The first-order valence-corrected chi connectivity index (χ1v) is 8.55. The number of nitrogens with zero attached hydrogens (tertiary/aromatic N) is 1. The van der Waals surface area contributed by atoms with Crippen LogP contribution >= 0.6 is 0 Å². The lowest BCUT2D eigenvalue weighted by atomic mass is 10.0. The van der Waals surface area contributed by atoms with Crippen molar-refractivity contribution in [2.75, 3.05) is 18.4 Å². The third-order valence-electron chi connectivity index (χ3n) is 4.54. The molecule has 2 aromatic rings. The highest BCUT2D eigenvalue weighted by atomic mass is 19.2. The van der Waals surface area contributed by atoms with E-state index < -0.39 is 11.6 Å². The van der Waals surface area contributed by atoms with Crippen molar-refractivity contribution in [1.82, 2.24) is 4.90 Å². The molecule has 3 rings (SSSR count). The summed E-state index contributed by atoms with van der Waals surface area (Å²) in [6.07, 6.45) is 2.02. The lowest BCUT2D eigenvalue weighted by Gasteiger charge is -2.33. The molecule has 1 fully saturated rings. The Labute approximate surface area is 146 Å². The molecule has 2 aromatic carbocycles. The van der Waals surface area contributed by atoms with Crippen LogP contribution in [0.4, 0.5) is 14.5 Å². The molecule has 0 spiro atoms. The SMILES string of the molecule is CC(=O)c1cccc(CN2CCC[C@@H](Nc3ccc(F)c(F)c3)C2)c1. The highest BCUT2D eigenvalue weighted by molar-refractivity contribution is 5.94. The van der Waals surface area contributed by atoms with Crippen LogP contribution in [0.3, 0.4) is 0 Å². The van der Waals surface area contributed by atoms with E-state index in [9.17, 15) is 13.6 Å². The van der Waals surface area contributed by atoms with Gasteiger partial charge in [-0.1, -0.05) is 18.2 Å². The molecule has 1 heterocycles. The van der Waals surface area contributed by atoms with Gasteiger partial charge in [0.1, 0.15) is 0 Å². The minimum atomic E-state index is -0.835. The molecule has 1 aliphatic heterocycles. The first-order valence-electron chi connectivity index (χ1n) is 8.55. The van der Waals surface area contributed by atoms with E-state index in [0.717, 1.165) is 49.7 Å². The Morgan fingerprint density at radius 1 is 1.20 bits per heavy atom. The van der Waals surface area contributed by atoms with Gasteiger partial charge in [-0.2, -0.15) is 0 Å². The van der Waals surface area contributed by atoms with Crippen molar-refractivity contribution in [3.63, 3.8) is 0 Å². The molecule has 1 N–H and O–H groups in total. The van der Waals surface area contributed by atoms with E-state index in [0.29, 0.717) is 5.69 Å². The number of carbonyl (C=O) groups excluding carboxylic acids is 1. The number of piperidine rings is 1. The Kier molecular flexibility index (Phi) is 5.43. The Morgan fingerprint density at radius 3 is 2.80 bits per heavy atom. The lowest BCUT2D eigenvalue weighted by Crippen LogP contribution is -2.41. The van der Waals surface area contributed by atoms with Crippen molar-refractivity contribution in [1.29, 1.82) is 0 Å². The Hall–Kier alpha value is -2.27. The zero-order chi connectivity index (χ0) is 17.8. The van der Waals surface area contributed by atoms with Gasteiger partial charge in [0.15, 0.2) is 17.4 Å². The summed E-state index contributed by atoms with van der Waals surface area (Å²) < 4.78 is 26.4. The average molecular weight is 344 g/mol. The number of carbonyl (C=O) groups is 1. The van der Waals surface area contributed by atoms with Crippen molar-refractivity contribution in [3.8, 4) is 0 Å². The highest BCUT2D eigenvalue weighted by Crippen LogP contribution is 2.20. The summed E-state index contributed by atoms with van der Waals surface area (Å²) in [6.45, 7) is 4.16. The fourth-order valence-corrected chi connectivity index (χ4v) is 3.29. The van der Waals surface area contributed by atoms with Crippen molar-refractivity contribution in [2.24, 2.45) is 0 Å². The largest absolute Gasteiger partial charge is 0.381 e. The lowest BCUT2D eigenvalue weighted by molar-refractivity contribution is 0.101. The summed E-state index contributed by atoms with van der Waals surface area (Å²) in [4.78, 5) is 13.8. The highest BCUT2D eigenvalue weighted by Gasteiger charge is 2.20. The molecule has 0 amide bonds. The first kappa shape index (κ1) is 17.5. The number of halogens is 2. The van der Waals surface area contributed by atoms with Crippen LogP contribution in [0.25, 0.3) is 0 Å². The smallest absolute Gasteiger partial charge is 0.160 e. The summed E-state index contributed by atoms with van der Waals surface area (Å²) in [5.41, 5.74) is 2.44. The molecule has 0 aliphatic carbocycles. The Balaban J connectivity index is 1.62. The molecular weight excluding hydrogens is 322 g/mol. The van der Waals surface area contributed by atoms with E-state index in [1.54, 1.807) is 13.0 Å². The zero-order valence-corrected chi connectivity index (χ0v) is 14.3. The molecule has 1 saturated heterocycles. The molecule has 132 valence electrons. The second-order valence-electron chi connectivity index (χ2n) is 6.60. The predicted molar refractivity (Wildman–Crippen MR) is 94.7 cm³/mol. The minimum absolute atomic E-state index is 0.0679. The minimum Gasteiger partial charge on any atom is -0.381 e. The first-order chi connectivity index (χ1) is 12.0. The van der Waals surface area contributed by atoms with E-state index in [1.165, 1.54) is 6.07 Å². The van der Waals surface area contributed by atoms with Gasteiger partial charge in [0.2, 0.25) is 0 Å². The number of likely N-dealkylation sites (tertiary alicyclic amines) is 1. The number of benzene rings is 2. The molecule has 0 aromatic heterocycles. The van der Waals surface area contributed by atoms with Crippen molar-refractivity contribution < 1.29 is 13.6 Å². The molecule has 5 heteroatoms. The van der Waals surface area contributed by atoms with Gasteiger partial charge in [-0.3, -0.25) is 9.69 Å². The van der Waals surface area contributed by atoms with E-state index in [2.05, 4.69) is 10.2 Å². The molecule has 0 unspecified atom stereocenters. The maximum Gasteiger partial charge on any atom is 0.160 e. The third kappa shape index (κ3) is 4.63. The number of rotatable bonds is 5. The van der Waals surface area contributed by atoms with Gasteiger partial charge in [0.25, 0.3) is 0 Å². The van der Waals surface area contributed by atoms with Gasteiger partial charge < -0.3 is 5.32 Å². The molecule has 0 bridgehead atoms. The molecule has 3 nitrogen and oxygen atoms in total. The summed E-state index contributed by atoms with van der Waals surface area (Å²) >= 11 is 0. The maximum absolute atomic E-state index is 13.3. The molecule has 25 heavy (non-hydrogen) atoms. The molecular formula is C20H22F2N2O. The third-order valence-corrected chi connectivity index (χ3v) is 4.54. The van der Waals surface area contributed by atoms with Crippen LogP contribution in [0.2, 0.25) is 0 Å². The van der Waals surface area contributed by atoms with Gasteiger partial charge in [-0.25, -0.2) is 8.78 Å². The van der Waals surface area contributed by atoms with Crippen LogP contribution in [-0.4, -0.2) is 29.8 Å². The number of hydrogen-bond donors (Lipinski definition) is 1. The van der Waals surface area contributed by atoms with Crippen LogP contribution in [-0.2, 0) is 6.54 Å². The number of nitrogens with one attached hydrogen (secondary N) is 1. The second kappa shape index (κ2) is 7.74. The predicted octanol–water partition coefficient (Wildman–Crippen LogP) is 4.24. The van der Waals surface area contributed by atoms with E-state index >= 15 is 0 Å². The summed E-state index contributed by atoms with van der Waals surface area (Å²) in [6, 6.07) is 11.8. The fourth-order valence-electron chi connectivity index (χ4n) is 3.29. The molecule has 1 atom stereocenters. The monoisotopic (exact) mass is 344 g/mol. The average Bonchev–Trinajstić information content (AvgIpc) is 2.59. The number of hydrogen-bond acceptors (Lipinski definition) is 3. The quantitative estimate of drug-likeness (QED) is 0.823. The van der Waals surface area contributed by atoms with Gasteiger partial charge in [0, 0.05) is 36.4 Å². The van der Waals surface area contributed by atoms with Gasteiger partial charge >= 0.3 is 0 Å². The number of anilines is 1. The number of ketones is 1. The van der Waals surface area contributed by atoms with Crippen LogP contribution in [0.15, 0.2) is 42.5 Å². The Bertz CT molecular complexity index is 763. The van der Waals surface area contributed by atoms with Crippen LogP contribution in [0.5, 0.6) is 0 Å². The van der Waals surface area contributed by atoms with E-state index in [4.69, 9.17) is 0 Å². The topological polar surface area (TPSA) is 32.3 Å². The van der Waals surface area contributed by atoms with Crippen LogP contribution in [0, 0.1) is 11.6 Å². The van der Waals surface area contributed by atoms with Crippen molar-refractivity contribution in [3.05, 3.63) is 65.2 Å². The normalized spacial score (nSPS) is 18.1. The number of Topliss-reactive ketones (excluding diaryl/α,β-unsaturated/α-hetero) is 1. The fraction of sp³-hybridized carbons (Fsp3) is 0.350. The van der Waals surface area contributed by atoms with Crippen molar-refractivity contribution in [2.45, 2.75) is 32.4 Å². The Morgan fingerprint density at radius 2 is 2.04 bits per heavy atom. The molecule has 0 saturated carbocycles. The van der Waals surface area contributed by atoms with Gasteiger partial charge in [-0.05, 0) is 50.1 Å². The summed E-state index contributed by atoms with van der Waals surface area (Å²) in [5, 5.41) is 3.29. The van der Waals surface area contributed by atoms with E-state index in [-0.39, 0.29) is 11.8 Å². The summed E-state index contributed by atoms with van der Waals surface area (Å²) in [7, 11) is 0. The maximum atomic E-state index is 13.3. The van der Waals surface area contributed by atoms with Gasteiger partial charge in [0.05, 0.1) is 0 Å². The van der Waals surface area contributed by atoms with Crippen molar-refractivity contribution >= 4 is 11.5 Å². The van der Waals surface area contributed by atoms with Crippen LogP contribution in [0.1, 0.15) is 35.7 Å². The zero-order valence-electron chi connectivity index (χ0n) is 14.3.